The molecule has 3 aromatic rings. The maximum absolute atomic E-state index is 10.9. The number of ether oxygens (including phenoxy) is 4. The molecule has 0 bridgehead atoms. The number of carbonyl (C=O) groups is 1. The van der Waals surface area contributed by atoms with E-state index in [4.69, 9.17) is 31.8 Å². The SMILES string of the molecule is O=C/N=C(\N=C/N(S)C1CC(COCc2ccccc2)C(OCc2ccccc2)C1OCc1ccccc1)OCS. The molecule has 0 N–H and O–H groups in total. The van der Waals surface area contributed by atoms with Crippen molar-refractivity contribution in [3.8, 4) is 0 Å². The number of amidine groups is 1. The lowest BCUT2D eigenvalue weighted by atomic mass is 10.1. The molecule has 0 aliphatic heterocycles. The number of carbonyl (C=O) groups excluding carboxylic acids is 1. The Kier molecular flexibility index (Phi) is 12.7. The summed E-state index contributed by atoms with van der Waals surface area (Å²) in [4.78, 5) is 18.7. The van der Waals surface area contributed by atoms with Crippen molar-refractivity contribution >= 4 is 44.2 Å². The highest BCUT2D eigenvalue weighted by molar-refractivity contribution is 7.80. The molecule has 4 rings (SSSR count). The number of nitrogens with zero attached hydrogens (tertiary/aromatic N) is 3. The third-order valence-corrected chi connectivity index (χ3v) is 7.24. The minimum Gasteiger partial charge on any atom is -0.453 e. The van der Waals surface area contributed by atoms with Crippen molar-refractivity contribution in [3.63, 3.8) is 0 Å². The zero-order chi connectivity index (χ0) is 28.7. The fraction of sp³-hybridized carbons (Fsp3) is 0.323. The molecule has 0 radical (unpaired) electrons. The van der Waals surface area contributed by atoms with Gasteiger partial charge in [0.05, 0.1) is 38.6 Å². The van der Waals surface area contributed by atoms with E-state index in [0.29, 0.717) is 39.3 Å². The quantitative estimate of drug-likeness (QED) is 0.0862. The van der Waals surface area contributed by atoms with Crippen molar-refractivity contribution in [1.82, 2.24) is 4.31 Å². The Hall–Kier alpha value is -3.15. The third-order valence-electron chi connectivity index (χ3n) is 6.71. The summed E-state index contributed by atoms with van der Waals surface area (Å²) in [6.07, 6.45) is 1.88. The Labute approximate surface area is 252 Å². The van der Waals surface area contributed by atoms with Crippen LogP contribution in [0.3, 0.4) is 0 Å². The van der Waals surface area contributed by atoms with E-state index in [-0.39, 0.29) is 36.1 Å². The number of thiol groups is 2. The van der Waals surface area contributed by atoms with E-state index in [0.717, 1.165) is 16.7 Å². The van der Waals surface area contributed by atoms with Gasteiger partial charge in [-0.2, -0.15) is 9.98 Å². The van der Waals surface area contributed by atoms with E-state index < -0.39 is 0 Å². The van der Waals surface area contributed by atoms with Crippen LogP contribution in [0.5, 0.6) is 0 Å². The number of amides is 1. The molecule has 1 aliphatic rings. The van der Waals surface area contributed by atoms with Gasteiger partial charge in [-0.15, -0.1) is 12.6 Å². The Balaban J connectivity index is 1.55. The smallest absolute Gasteiger partial charge is 0.321 e. The standard InChI is InChI=1S/C31H35N3O5S2/c35-22-33-31(39-23-40)32-21-34(41)28-16-27(20-36-17-24-10-4-1-5-11-24)29(37-18-25-12-6-2-7-13-25)30(28)38-19-26-14-8-3-9-15-26/h1-15,21-22,27-30,40-41H,16-20,23H2/b32-21-,33-31+. The second kappa shape index (κ2) is 17.0. The van der Waals surface area contributed by atoms with Gasteiger partial charge in [-0.3, -0.25) is 4.79 Å². The zero-order valence-corrected chi connectivity index (χ0v) is 24.4. The van der Waals surface area contributed by atoms with Crippen LogP contribution in [0.2, 0.25) is 0 Å². The van der Waals surface area contributed by atoms with Gasteiger partial charge in [-0.25, -0.2) is 0 Å². The molecule has 4 atom stereocenters. The summed E-state index contributed by atoms with van der Waals surface area (Å²) in [5.41, 5.74) is 3.23. The lowest BCUT2D eigenvalue weighted by Gasteiger charge is -2.30. The van der Waals surface area contributed by atoms with Crippen molar-refractivity contribution in [1.29, 1.82) is 0 Å². The van der Waals surface area contributed by atoms with Gasteiger partial charge in [-0.05, 0) is 23.1 Å². The first kappa shape index (κ1) is 30.8. The second-order valence-electron chi connectivity index (χ2n) is 9.50. The van der Waals surface area contributed by atoms with Gasteiger partial charge in [0.15, 0.2) is 0 Å². The Morgan fingerprint density at radius 2 is 1.37 bits per heavy atom. The van der Waals surface area contributed by atoms with Crippen LogP contribution < -0.4 is 0 Å². The Morgan fingerprint density at radius 1 is 0.829 bits per heavy atom. The van der Waals surface area contributed by atoms with Crippen LogP contribution in [-0.2, 0) is 43.6 Å². The van der Waals surface area contributed by atoms with Crippen molar-refractivity contribution in [2.45, 2.75) is 44.5 Å². The normalized spacial score (nSPS) is 20.8. The summed E-state index contributed by atoms with van der Waals surface area (Å²) in [7, 11) is 0. The molecular formula is C31H35N3O5S2. The van der Waals surface area contributed by atoms with E-state index in [9.17, 15) is 4.79 Å². The summed E-state index contributed by atoms with van der Waals surface area (Å²) >= 11 is 8.75. The van der Waals surface area contributed by atoms with Crippen molar-refractivity contribution in [2.24, 2.45) is 15.9 Å². The van der Waals surface area contributed by atoms with Gasteiger partial charge in [0.2, 0.25) is 6.41 Å². The molecule has 1 saturated carbocycles. The van der Waals surface area contributed by atoms with E-state index in [1.165, 1.54) is 6.34 Å². The molecule has 0 saturated heterocycles. The fourth-order valence-corrected chi connectivity index (χ4v) is 5.16. The summed E-state index contributed by atoms with van der Waals surface area (Å²) in [6, 6.07) is 29.8. The number of benzene rings is 3. The molecule has 0 spiro atoms. The number of rotatable bonds is 14. The topological polar surface area (TPSA) is 82.0 Å². The predicted octanol–water partition coefficient (Wildman–Crippen LogP) is 5.35. The molecule has 3 aromatic carbocycles. The highest BCUT2D eigenvalue weighted by atomic mass is 32.1. The van der Waals surface area contributed by atoms with E-state index in [1.54, 1.807) is 4.31 Å². The molecule has 4 unspecified atom stereocenters. The molecule has 10 heteroatoms. The summed E-state index contributed by atoms with van der Waals surface area (Å²) < 4.78 is 26.2. The molecule has 1 fully saturated rings. The minimum absolute atomic E-state index is 0.0213. The first-order valence-corrected chi connectivity index (χ1v) is 14.4. The number of hydrogen-bond acceptors (Lipinski definition) is 7. The molecule has 216 valence electrons. The lowest BCUT2D eigenvalue weighted by molar-refractivity contribution is -0.106. The average molecular weight is 594 g/mol. The molecular weight excluding hydrogens is 558 g/mol. The van der Waals surface area contributed by atoms with Crippen LogP contribution in [0, 0.1) is 5.92 Å². The molecule has 0 aromatic heterocycles. The number of hydrogen-bond donors (Lipinski definition) is 2. The maximum Gasteiger partial charge on any atom is 0.321 e. The van der Waals surface area contributed by atoms with Crippen LogP contribution in [0.15, 0.2) is 101 Å². The monoisotopic (exact) mass is 593 g/mol. The average Bonchev–Trinajstić information content (AvgIpc) is 3.36. The van der Waals surface area contributed by atoms with Gasteiger partial charge >= 0.3 is 6.02 Å². The molecule has 8 nitrogen and oxygen atoms in total. The number of aliphatic imine (C=N–C) groups is 2. The Bertz CT molecular complexity index is 1230. The maximum atomic E-state index is 10.9. The first-order valence-electron chi connectivity index (χ1n) is 13.4. The van der Waals surface area contributed by atoms with Crippen molar-refractivity contribution in [3.05, 3.63) is 108 Å². The van der Waals surface area contributed by atoms with Crippen molar-refractivity contribution < 1.29 is 23.7 Å². The van der Waals surface area contributed by atoms with Crippen LogP contribution in [-0.4, -0.2) is 53.9 Å². The fourth-order valence-electron chi connectivity index (χ4n) is 4.76. The van der Waals surface area contributed by atoms with Crippen LogP contribution in [0.25, 0.3) is 0 Å². The van der Waals surface area contributed by atoms with E-state index in [2.05, 4.69) is 22.6 Å². The molecule has 1 aliphatic carbocycles. The third kappa shape index (κ3) is 9.72. The van der Waals surface area contributed by atoms with Crippen LogP contribution in [0.4, 0.5) is 0 Å². The van der Waals surface area contributed by atoms with Gasteiger partial charge in [0.25, 0.3) is 0 Å². The molecule has 1 amide bonds. The van der Waals surface area contributed by atoms with E-state index in [1.807, 2.05) is 91.0 Å². The summed E-state index contributed by atoms with van der Waals surface area (Å²) in [6.45, 7) is 1.83. The largest absolute Gasteiger partial charge is 0.453 e. The predicted molar refractivity (Wildman–Crippen MR) is 166 cm³/mol. The van der Waals surface area contributed by atoms with Gasteiger partial charge in [0, 0.05) is 5.92 Å². The van der Waals surface area contributed by atoms with Gasteiger partial charge in [-0.1, -0.05) is 104 Å². The van der Waals surface area contributed by atoms with Crippen LogP contribution in [0.1, 0.15) is 23.1 Å². The highest BCUT2D eigenvalue weighted by Crippen LogP contribution is 2.36. The lowest BCUT2D eigenvalue weighted by Crippen LogP contribution is -2.42. The Morgan fingerprint density at radius 3 is 1.90 bits per heavy atom. The molecule has 0 heterocycles. The second-order valence-corrected chi connectivity index (χ2v) is 10.2. The van der Waals surface area contributed by atoms with Crippen molar-refractivity contribution in [2.75, 3.05) is 12.5 Å². The van der Waals surface area contributed by atoms with Gasteiger partial charge in [0.1, 0.15) is 18.4 Å². The minimum atomic E-state index is -0.356. The zero-order valence-electron chi connectivity index (χ0n) is 22.6. The van der Waals surface area contributed by atoms with Gasteiger partial charge < -0.3 is 23.3 Å². The van der Waals surface area contributed by atoms with E-state index >= 15 is 0 Å². The first-order chi connectivity index (χ1) is 20.2. The summed E-state index contributed by atoms with van der Waals surface area (Å²) in [5.74, 6) is 0.0482. The molecule has 41 heavy (non-hydrogen) atoms. The summed E-state index contributed by atoms with van der Waals surface area (Å²) in [5, 5.41) is 0. The van der Waals surface area contributed by atoms with Crippen LogP contribution >= 0.6 is 25.4 Å². The highest BCUT2D eigenvalue weighted by Gasteiger charge is 2.47.